The molecule has 0 aromatic heterocycles. The minimum atomic E-state index is -0.0833. The van der Waals surface area contributed by atoms with Crippen LogP contribution in [0, 0.1) is 0 Å². The molecule has 0 rings (SSSR count). The van der Waals surface area contributed by atoms with Gasteiger partial charge in [0.15, 0.2) is 0 Å². The first-order valence-electron chi connectivity index (χ1n) is 7.98. The van der Waals surface area contributed by atoms with Gasteiger partial charge in [-0.3, -0.25) is 10.2 Å². The number of nitrogens with one attached hydrogen (secondary N) is 1. The Morgan fingerprint density at radius 2 is 1.00 bits per heavy atom. The van der Waals surface area contributed by atoms with E-state index in [1.165, 1.54) is 0 Å². The topological polar surface area (TPSA) is 145 Å². The molecule has 0 aliphatic carbocycles. The molecule has 0 aromatic rings. The second kappa shape index (κ2) is 13.4. The lowest BCUT2D eigenvalue weighted by molar-refractivity contribution is 0.113. The molecule has 7 nitrogen and oxygen atoms in total. The predicted molar refractivity (Wildman–Crippen MR) is 91.7 cm³/mol. The zero-order valence-electron chi connectivity index (χ0n) is 14.5. The van der Waals surface area contributed by atoms with Crippen LogP contribution in [0.3, 0.4) is 0 Å². The highest BCUT2D eigenvalue weighted by molar-refractivity contribution is 4.68. The fourth-order valence-electron chi connectivity index (χ4n) is 2.18. The van der Waals surface area contributed by atoms with Gasteiger partial charge in [0.1, 0.15) is 0 Å². The maximum atomic E-state index is 5.72. The van der Waals surface area contributed by atoms with Crippen LogP contribution >= 0.6 is 0 Å². The molecule has 0 saturated heterocycles. The Hall–Kier alpha value is -0.280. The van der Waals surface area contributed by atoms with E-state index >= 15 is 0 Å². The summed E-state index contributed by atoms with van der Waals surface area (Å²) in [6, 6.07) is 0. The molecule has 0 radical (unpaired) electrons. The summed E-state index contributed by atoms with van der Waals surface area (Å²) >= 11 is 0. The Balaban J connectivity index is 0. The van der Waals surface area contributed by atoms with Gasteiger partial charge < -0.3 is 28.7 Å². The molecular formula is C14H39N7. The number of hydrogen-bond donors (Lipinski definition) is 6. The smallest absolute Gasteiger partial charge is 0.0571 e. The van der Waals surface area contributed by atoms with Crippen molar-refractivity contribution in [3.63, 3.8) is 0 Å². The molecule has 0 fully saturated rings. The average molecular weight is 306 g/mol. The molecule has 0 aromatic carbocycles. The Kier molecular flexibility index (Phi) is 14.7. The minimum absolute atomic E-state index is 0.0709. The predicted octanol–water partition coefficient (Wildman–Crippen LogP) is -0.0517. The zero-order chi connectivity index (χ0) is 17.0. The van der Waals surface area contributed by atoms with Crippen molar-refractivity contribution in [1.82, 2.24) is 10.2 Å². The highest BCUT2D eigenvalue weighted by Gasteiger charge is 2.16. The lowest BCUT2D eigenvalue weighted by atomic mass is 10.2. The third-order valence-electron chi connectivity index (χ3n) is 3.04. The van der Waals surface area contributed by atoms with E-state index in [9.17, 15) is 0 Å². The van der Waals surface area contributed by atoms with Gasteiger partial charge in [-0.2, -0.15) is 0 Å². The van der Waals surface area contributed by atoms with Gasteiger partial charge in [0.25, 0.3) is 0 Å². The fourth-order valence-corrected chi connectivity index (χ4v) is 2.18. The molecule has 0 saturated carbocycles. The number of hydrogen-bond acceptors (Lipinski definition) is 7. The monoisotopic (exact) mass is 305 g/mol. The first kappa shape index (κ1) is 23.0. The first-order chi connectivity index (χ1) is 9.67. The third-order valence-corrected chi connectivity index (χ3v) is 3.04. The van der Waals surface area contributed by atoms with Gasteiger partial charge in [-0.05, 0) is 33.6 Å². The van der Waals surface area contributed by atoms with E-state index in [1.807, 2.05) is 25.7 Å². The standard InChI is InChI=1S/C8H21N3.C6H18N4/c1-3-5-7(9)11-8(10)6-4-2;1-4(7)10(5(2)8)6(3)9/h7-8,11H,3-6,9-10H2,1-2H3;4-6H,7-9H2,1-3H3. The lowest BCUT2D eigenvalue weighted by Gasteiger charge is -2.33. The van der Waals surface area contributed by atoms with Crippen molar-refractivity contribution in [2.75, 3.05) is 0 Å². The zero-order valence-corrected chi connectivity index (χ0v) is 14.5. The van der Waals surface area contributed by atoms with Crippen LogP contribution in [-0.4, -0.2) is 35.7 Å². The van der Waals surface area contributed by atoms with E-state index in [0.29, 0.717) is 0 Å². The Morgan fingerprint density at radius 1 is 0.714 bits per heavy atom. The molecular weight excluding hydrogens is 266 g/mol. The Labute approximate surface area is 130 Å². The van der Waals surface area contributed by atoms with Crippen LogP contribution < -0.4 is 34.0 Å². The van der Waals surface area contributed by atoms with Crippen LogP contribution in [0.25, 0.3) is 0 Å². The van der Waals surface area contributed by atoms with Crippen LogP contribution in [0.5, 0.6) is 0 Å². The molecule has 0 aliphatic heterocycles. The van der Waals surface area contributed by atoms with E-state index in [1.54, 1.807) is 0 Å². The second-order valence-electron chi connectivity index (χ2n) is 5.63. The van der Waals surface area contributed by atoms with E-state index in [0.717, 1.165) is 25.7 Å². The van der Waals surface area contributed by atoms with Gasteiger partial charge in [-0.1, -0.05) is 26.7 Å². The van der Waals surface area contributed by atoms with Crippen LogP contribution in [0.15, 0.2) is 0 Å². The molecule has 11 N–H and O–H groups in total. The molecule has 0 aliphatic rings. The molecule has 21 heavy (non-hydrogen) atoms. The largest absolute Gasteiger partial charge is 0.316 e. The summed E-state index contributed by atoms with van der Waals surface area (Å²) < 4.78 is 0. The van der Waals surface area contributed by atoms with E-state index < -0.39 is 0 Å². The summed E-state index contributed by atoms with van der Waals surface area (Å²) in [6.07, 6.45) is 4.09. The van der Waals surface area contributed by atoms with Crippen molar-refractivity contribution >= 4 is 0 Å². The Morgan fingerprint density at radius 3 is 1.14 bits per heavy atom. The van der Waals surface area contributed by atoms with Crippen LogP contribution in [0.1, 0.15) is 60.3 Å². The number of nitrogens with zero attached hydrogens (tertiary/aromatic N) is 1. The van der Waals surface area contributed by atoms with Crippen LogP contribution in [0.2, 0.25) is 0 Å². The molecule has 0 bridgehead atoms. The van der Waals surface area contributed by atoms with Crippen LogP contribution in [-0.2, 0) is 0 Å². The van der Waals surface area contributed by atoms with Gasteiger partial charge >= 0.3 is 0 Å². The first-order valence-corrected chi connectivity index (χ1v) is 7.98. The molecule has 0 heterocycles. The number of rotatable bonds is 9. The fraction of sp³-hybridized carbons (Fsp3) is 1.00. The van der Waals surface area contributed by atoms with Crippen molar-refractivity contribution in [2.45, 2.75) is 91.1 Å². The van der Waals surface area contributed by atoms with E-state index in [-0.39, 0.29) is 30.8 Å². The van der Waals surface area contributed by atoms with Gasteiger partial charge in [-0.15, -0.1) is 0 Å². The normalized spacial score (nSPS) is 18.4. The summed E-state index contributed by atoms with van der Waals surface area (Å²) in [5.41, 5.74) is 28.3. The van der Waals surface area contributed by atoms with Crippen molar-refractivity contribution < 1.29 is 0 Å². The summed E-state index contributed by atoms with van der Waals surface area (Å²) in [5.74, 6) is 0. The SMILES string of the molecule is CC(N)N(C(C)N)C(C)N.CCCC(N)NC(N)CCC. The van der Waals surface area contributed by atoms with Crippen molar-refractivity contribution in [2.24, 2.45) is 28.7 Å². The molecule has 130 valence electrons. The van der Waals surface area contributed by atoms with Crippen molar-refractivity contribution in [1.29, 1.82) is 0 Å². The quantitative estimate of drug-likeness (QED) is 0.327. The highest BCUT2D eigenvalue weighted by Crippen LogP contribution is 1.99. The maximum absolute atomic E-state index is 5.72. The highest BCUT2D eigenvalue weighted by atomic mass is 15.3. The molecule has 5 unspecified atom stereocenters. The summed E-state index contributed by atoms with van der Waals surface area (Å²) in [7, 11) is 0. The second-order valence-corrected chi connectivity index (χ2v) is 5.63. The van der Waals surface area contributed by atoms with Gasteiger partial charge in [0.2, 0.25) is 0 Å². The lowest BCUT2D eigenvalue weighted by Crippen LogP contribution is -2.56. The molecule has 0 amide bonds. The number of nitrogens with two attached hydrogens (primary N) is 5. The third kappa shape index (κ3) is 13.1. The summed E-state index contributed by atoms with van der Waals surface area (Å²) in [4.78, 5) is 1.83. The Bertz CT molecular complexity index is 192. The minimum Gasteiger partial charge on any atom is -0.316 e. The summed E-state index contributed by atoms with van der Waals surface area (Å²) in [5, 5.41) is 3.14. The molecule has 5 atom stereocenters. The van der Waals surface area contributed by atoms with Gasteiger partial charge in [0, 0.05) is 0 Å². The molecule has 0 spiro atoms. The molecule has 7 heteroatoms. The van der Waals surface area contributed by atoms with Crippen LogP contribution in [0.4, 0.5) is 0 Å². The van der Waals surface area contributed by atoms with Gasteiger partial charge in [0.05, 0.1) is 30.8 Å². The van der Waals surface area contributed by atoms with Crippen molar-refractivity contribution in [3.8, 4) is 0 Å². The van der Waals surface area contributed by atoms with Gasteiger partial charge in [-0.25, -0.2) is 0 Å². The van der Waals surface area contributed by atoms with E-state index in [4.69, 9.17) is 28.7 Å². The van der Waals surface area contributed by atoms with Crippen molar-refractivity contribution in [3.05, 3.63) is 0 Å². The average Bonchev–Trinajstić information content (AvgIpc) is 2.27. The summed E-state index contributed by atoms with van der Waals surface area (Å²) in [6.45, 7) is 9.84. The maximum Gasteiger partial charge on any atom is 0.0571 e. The van der Waals surface area contributed by atoms with E-state index in [2.05, 4.69) is 19.2 Å².